The van der Waals surface area contributed by atoms with Gasteiger partial charge >= 0.3 is 7.82 Å². The third kappa shape index (κ3) is 42.3. The van der Waals surface area contributed by atoms with Crippen molar-refractivity contribution in [1.29, 1.82) is 0 Å². The highest BCUT2D eigenvalue weighted by molar-refractivity contribution is 7.46. The molecule has 0 bridgehead atoms. The number of hydrogen-bond donors (Lipinski definition) is 4. The molecule has 2 atom stereocenters. The summed E-state index contributed by atoms with van der Waals surface area (Å²) in [7, 11) is -4.69. The lowest BCUT2D eigenvalue weighted by molar-refractivity contribution is -0.123. The van der Waals surface area contributed by atoms with Gasteiger partial charge in [-0.05, 0) is 38.5 Å². The number of rotatable bonds is 43. The van der Waals surface area contributed by atoms with E-state index in [9.17, 15) is 24.3 Å². The minimum absolute atomic E-state index is 0.190. The Morgan fingerprint density at radius 1 is 0.528 bits per heavy atom. The van der Waals surface area contributed by atoms with Crippen LogP contribution in [0.25, 0.3) is 0 Å². The van der Waals surface area contributed by atoms with Crippen molar-refractivity contribution in [2.45, 2.75) is 264 Å². The zero-order chi connectivity index (χ0) is 38.9. The number of aliphatic hydroxyl groups excluding tert-OH is 1. The van der Waals surface area contributed by atoms with Crippen LogP contribution in [0.2, 0.25) is 0 Å². The van der Waals surface area contributed by atoms with Gasteiger partial charge in [0.05, 0.1) is 18.8 Å². The lowest BCUT2D eigenvalue weighted by Gasteiger charge is -2.24. The van der Waals surface area contributed by atoms with Crippen LogP contribution in [-0.4, -0.2) is 39.6 Å². The van der Waals surface area contributed by atoms with Gasteiger partial charge in [0.1, 0.15) is 0 Å². The topological polar surface area (TPSA) is 116 Å². The summed E-state index contributed by atoms with van der Waals surface area (Å²) >= 11 is 0. The largest absolute Gasteiger partial charge is 0.469 e. The number of nitrogens with one attached hydrogen (secondary N) is 1. The van der Waals surface area contributed by atoms with Gasteiger partial charge in [0, 0.05) is 6.42 Å². The van der Waals surface area contributed by atoms with Gasteiger partial charge < -0.3 is 20.2 Å². The molecular formula is C45H90NO6P. The summed E-state index contributed by atoms with van der Waals surface area (Å²) in [5, 5.41) is 13.5. The molecule has 0 aromatic carbocycles. The second kappa shape index (κ2) is 40.9. The normalized spacial score (nSPS) is 13.2. The maximum absolute atomic E-state index is 12.6. The lowest BCUT2D eigenvalue weighted by atomic mass is 10.0. The van der Waals surface area contributed by atoms with Crippen molar-refractivity contribution < 1.29 is 28.8 Å². The SMILES string of the molecule is CCCCCCCC/C=C\CCCCCCCCCCCCCCCC(=O)N[C@@H](COP(=O)(O)O)[C@H](O)CCCCCCCCCCCCCCCC. The maximum Gasteiger partial charge on any atom is 0.469 e. The number of carbonyl (C=O) groups is 1. The van der Waals surface area contributed by atoms with Crippen molar-refractivity contribution in [3.8, 4) is 0 Å². The highest BCUT2D eigenvalue weighted by Crippen LogP contribution is 2.36. The van der Waals surface area contributed by atoms with E-state index in [4.69, 9.17) is 0 Å². The van der Waals surface area contributed by atoms with E-state index in [1.165, 1.54) is 186 Å². The van der Waals surface area contributed by atoms with Crippen molar-refractivity contribution in [3.63, 3.8) is 0 Å². The number of unbranched alkanes of at least 4 members (excludes halogenated alkanes) is 32. The van der Waals surface area contributed by atoms with Crippen molar-refractivity contribution in [2.75, 3.05) is 6.61 Å². The number of amides is 1. The van der Waals surface area contributed by atoms with E-state index in [2.05, 4.69) is 35.8 Å². The van der Waals surface area contributed by atoms with E-state index in [1.54, 1.807) is 0 Å². The fourth-order valence-electron chi connectivity index (χ4n) is 7.22. The summed E-state index contributed by atoms with van der Waals surface area (Å²) in [6, 6.07) is -0.821. The fraction of sp³-hybridized carbons (Fsp3) is 0.933. The molecule has 0 saturated heterocycles. The fourth-order valence-corrected chi connectivity index (χ4v) is 7.58. The van der Waals surface area contributed by atoms with Crippen LogP contribution in [0.1, 0.15) is 251 Å². The van der Waals surface area contributed by atoms with Crippen molar-refractivity contribution in [1.82, 2.24) is 5.32 Å². The van der Waals surface area contributed by atoms with Gasteiger partial charge in [-0.2, -0.15) is 0 Å². The number of aliphatic hydroxyl groups is 1. The zero-order valence-corrected chi connectivity index (χ0v) is 36.1. The van der Waals surface area contributed by atoms with Gasteiger partial charge in [-0.1, -0.05) is 219 Å². The van der Waals surface area contributed by atoms with E-state index in [1.807, 2.05) is 0 Å². The van der Waals surface area contributed by atoms with Crippen molar-refractivity contribution in [3.05, 3.63) is 12.2 Å². The van der Waals surface area contributed by atoms with Crippen molar-refractivity contribution >= 4 is 13.7 Å². The molecule has 0 fully saturated rings. The molecule has 0 aromatic rings. The standard InChI is InChI=1S/C45H90NO6P/c1-3-5-7-9-11-13-15-17-19-20-21-22-23-24-25-26-27-29-31-33-35-37-39-41-45(48)46-43(42-52-53(49,50)51)44(47)40-38-36-34-32-30-28-18-16-14-12-10-8-6-4-2/h17,19,43-44,47H,3-16,18,20-42H2,1-2H3,(H,46,48)(H2,49,50,51)/b19-17-/t43-,44+/m0/s1. The third-order valence-corrected chi connectivity index (χ3v) is 11.2. The number of carbonyl (C=O) groups excluding carboxylic acids is 1. The maximum atomic E-state index is 12.6. The predicted octanol–water partition coefficient (Wildman–Crippen LogP) is 14.0. The summed E-state index contributed by atoms with van der Waals surface area (Å²) in [6.07, 6.45) is 49.2. The van der Waals surface area contributed by atoms with Crippen LogP contribution >= 0.6 is 7.82 Å². The molecule has 316 valence electrons. The minimum Gasteiger partial charge on any atom is -0.391 e. The van der Waals surface area contributed by atoms with Crippen LogP contribution in [0, 0.1) is 0 Å². The number of phosphoric acid groups is 1. The van der Waals surface area contributed by atoms with Gasteiger partial charge in [0.15, 0.2) is 0 Å². The summed E-state index contributed by atoms with van der Waals surface area (Å²) < 4.78 is 16.0. The van der Waals surface area contributed by atoms with E-state index < -0.39 is 26.6 Å². The second-order valence-electron chi connectivity index (χ2n) is 16.1. The van der Waals surface area contributed by atoms with Crippen LogP contribution in [-0.2, 0) is 13.9 Å². The van der Waals surface area contributed by atoms with Gasteiger partial charge in [-0.25, -0.2) is 4.57 Å². The minimum atomic E-state index is -4.69. The Balaban J connectivity index is 3.80. The molecule has 0 saturated carbocycles. The smallest absolute Gasteiger partial charge is 0.391 e. The average Bonchev–Trinajstić information content (AvgIpc) is 3.13. The first-order valence-electron chi connectivity index (χ1n) is 23.1. The van der Waals surface area contributed by atoms with Crippen LogP contribution < -0.4 is 5.32 Å². The van der Waals surface area contributed by atoms with Crippen molar-refractivity contribution in [2.24, 2.45) is 0 Å². The Morgan fingerprint density at radius 3 is 1.21 bits per heavy atom. The molecule has 0 aliphatic heterocycles. The molecule has 8 heteroatoms. The van der Waals surface area contributed by atoms with E-state index in [0.29, 0.717) is 12.8 Å². The van der Waals surface area contributed by atoms with Gasteiger partial charge in [0.25, 0.3) is 0 Å². The molecule has 0 spiro atoms. The van der Waals surface area contributed by atoms with Crippen LogP contribution in [0.3, 0.4) is 0 Å². The molecule has 0 rings (SSSR count). The molecule has 4 N–H and O–H groups in total. The molecular weight excluding hydrogens is 681 g/mol. The molecule has 0 heterocycles. The number of hydrogen-bond acceptors (Lipinski definition) is 4. The molecule has 0 radical (unpaired) electrons. The lowest BCUT2D eigenvalue weighted by Crippen LogP contribution is -2.46. The Hall–Kier alpha value is -0.720. The monoisotopic (exact) mass is 772 g/mol. The zero-order valence-electron chi connectivity index (χ0n) is 35.2. The third-order valence-electron chi connectivity index (χ3n) is 10.8. The molecule has 0 aromatic heterocycles. The summed E-state index contributed by atoms with van der Waals surface area (Å²) in [5.74, 6) is -0.190. The first kappa shape index (κ1) is 52.3. The Morgan fingerprint density at radius 2 is 0.849 bits per heavy atom. The average molecular weight is 772 g/mol. The molecule has 1 amide bonds. The van der Waals surface area contributed by atoms with E-state index in [0.717, 1.165) is 38.5 Å². The number of allylic oxidation sites excluding steroid dienone is 2. The highest BCUT2D eigenvalue weighted by Gasteiger charge is 2.25. The Bertz CT molecular complexity index is 834. The van der Waals surface area contributed by atoms with E-state index in [-0.39, 0.29) is 5.91 Å². The van der Waals surface area contributed by atoms with Crippen LogP contribution in [0.15, 0.2) is 12.2 Å². The molecule has 0 unspecified atom stereocenters. The predicted molar refractivity (Wildman–Crippen MR) is 227 cm³/mol. The molecule has 0 aliphatic carbocycles. The first-order chi connectivity index (χ1) is 25.8. The van der Waals surface area contributed by atoms with Gasteiger partial charge in [0.2, 0.25) is 5.91 Å². The Labute approximate surface area is 329 Å². The quantitative estimate of drug-likeness (QED) is 0.0279. The van der Waals surface area contributed by atoms with E-state index >= 15 is 0 Å². The van der Waals surface area contributed by atoms with Gasteiger partial charge in [-0.15, -0.1) is 0 Å². The first-order valence-corrected chi connectivity index (χ1v) is 24.7. The highest BCUT2D eigenvalue weighted by atomic mass is 31.2. The Kier molecular flexibility index (Phi) is 40.4. The summed E-state index contributed by atoms with van der Waals surface area (Å²) in [6.45, 7) is 4.14. The van der Waals surface area contributed by atoms with Crippen LogP contribution in [0.4, 0.5) is 0 Å². The van der Waals surface area contributed by atoms with Crippen LogP contribution in [0.5, 0.6) is 0 Å². The summed E-state index contributed by atoms with van der Waals surface area (Å²) in [5.41, 5.74) is 0. The number of phosphoric ester groups is 1. The molecule has 7 nitrogen and oxygen atoms in total. The summed E-state index contributed by atoms with van der Waals surface area (Å²) in [4.78, 5) is 31.0. The molecule has 53 heavy (non-hydrogen) atoms. The molecule has 0 aliphatic rings. The van der Waals surface area contributed by atoms with Gasteiger partial charge in [-0.3, -0.25) is 9.32 Å². The second-order valence-corrected chi connectivity index (χ2v) is 17.3.